The third-order valence-electron chi connectivity index (χ3n) is 3.75. The van der Waals surface area contributed by atoms with Gasteiger partial charge in [-0.25, -0.2) is 4.39 Å². The van der Waals surface area contributed by atoms with E-state index in [0.717, 1.165) is 6.54 Å². The van der Waals surface area contributed by atoms with Crippen molar-refractivity contribution in [1.29, 1.82) is 0 Å². The summed E-state index contributed by atoms with van der Waals surface area (Å²) in [5.41, 5.74) is 0.622. The molecule has 2 unspecified atom stereocenters. The Balaban J connectivity index is 2.05. The number of hydrogen-bond donors (Lipinski definition) is 1. The summed E-state index contributed by atoms with van der Waals surface area (Å²) in [5.74, 6) is 1.64. The molecule has 1 saturated heterocycles. The Morgan fingerprint density at radius 2 is 2.32 bits per heavy atom. The molecule has 2 rings (SSSR count). The number of ether oxygens (including phenoxy) is 1. The van der Waals surface area contributed by atoms with Crippen molar-refractivity contribution in [3.8, 4) is 5.75 Å². The highest BCUT2D eigenvalue weighted by Crippen LogP contribution is 2.38. The summed E-state index contributed by atoms with van der Waals surface area (Å²) in [4.78, 5) is 0. The van der Waals surface area contributed by atoms with Crippen molar-refractivity contribution in [3.05, 3.63) is 29.6 Å². The van der Waals surface area contributed by atoms with Crippen molar-refractivity contribution in [2.75, 3.05) is 19.4 Å². The third kappa shape index (κ3) is 3.42. The van der Waals surface area contributed by atoms with Crippen molar-refractivity contribution < 1.29 is 9.13 Å². The zero-order chi connectivity index (χ0) is 13.9. The van der Waals surface area contributed by atoms with E-state index in [1.54, 1.807) is 13.2 Å². The first-order valence-electron chi connectivity index (χ1n) is 6.75. The zero-order valence-electron chi connectivity index (χ0n) is 11.8. The molecule has 0 amide bonds. The Kier molecular flexibility index (Phi) is 4.74. The molecule has 1 heterocycles. The van der Waals surface area contributed by atoms with E-state index in [4.69, 9.17) is 4.74 Å². The van der Waals surface area contributed by atoms with Gasteiger partial charge < -0.3 is 10.1 Å². The third-order valence-corrected chi connectivity index (χ3v) is 5.29. The van der Waals surface area contributed by atoms with Crippen molar-refractivity contribution in [2.24, 2.45) is 0 Å². The minimum atomic E-state index is -0.205. The van der Waals surface area contributed by atoms with Gasteiger partial charge in [0.25, 0.3) is 0 Å². The average Bonchev–Trinajstić information content (AvgIpc) is 2.83. The number of halogens is 1. The fourth-order valence-electron chi connectivity index (χ4n) is 2.56. The van der Waals surface area contributed by atoms with Gasteiger partial charge in [-0.3, -0.25) is 0 Å². The molecule has 0 aromatic heterocycles. The molecule has 19 heavy (non-hydrogen) atoms. The molecule has 0 aliphatic carbocycles. The summed E-state index contributed by atoms with van der Waals surface area (Å²) in [6.07, 6.45) is 2.51. The first-order chi connectivity index (χ1) is 9.06. The molecular weight excluding hydrogens is 261 g/mol. The second-order valence-corrected chi connectivity index (χ2v) is 7.04. The SMILES string of the molecule is COc1cccc(F)c1C(C)NCC1(C)CCCS1. The molecule has 0 bridgehead atoms. The molecule has 1 aromatic carbocycles. The quantitative estimate of drug-likeness (QED) is 0.889. The Labute approximate surface area is 119 Å². The maximum Gasteiger partial charge on any atom is 0.131 e. The van der Waals surface area contributed by atoms with Gasteiger partial charge in [-0.1, -0.05) is 6.07 Å². The highest BCUT2D eigenvalue weighted by atomic mass is 32.2. The van der Waals surface area contributed by atoms with Crippen LogP contribution in [0.4, 0.5) is 4.39 Å². The van der Waals surface area contributed by atoms with Crippen LogP contribution in [0.3, 0.4) is 0 Å². The van der Waals surface area contributed by atoms with Gasteiger partial charge >= 0.3 is 0 Å². The van der Waals surface area contributed by atoms with Gasteiger partial charge in [0.1, 0.15) is 11.6 Å². The lowest BCUT2D eigenvalue weighted by Gasteiger charge is -2.26. The number of thioether (sulfide) groups is 1. The smallest absolute Gasteiger partial charge is 0.131 e. The minimum absolute atomic E-state index is 0.0471. The molecule has 1 aliphatic rings. The Morgan fingerprint density at radius 3 is 2.95 bits per heavy atom. The maximum atomic E-state index is 14.0. The summed E-state index contributed by atoms with van der Waals surface area (Å²) in [6, 6.07) is 4.93. The minimum Gasteiger partial charge on any atom is -0.496 e. The number of hydrogen-bond acceptors (Lipinski definition) is 3. The highest BCUT2D eigenvalue weighted by molar-refractivity contribution is 8.00. The van der Waals surface area contributed by atoms with Gasteiger partial charge in [-0.05, 0) is 44.6 Å². The fourth-order valence-corrected chi connectivity index (χ4v) is 3.82. The fraction of sp³-hybridized carbons (Fsp3) is 0.600. The van der Waals surface area contributed by atoms with E-state index in [-0.39, 0.29) is 16.6 Å². The first-order valence-corrected chi connectivity index (χ1v) is 7.74. The predicted molar refractivity (Wildman–Crippen MR) is 79.5 cm³/mol. The van der Waals surface area contributed by atoms with E-state index >= 15 is 0 Å². The van der Waals surface area contributed by atoms with Crippen LogP contribution >= 0.6 is 11.8 Å². The lowest BCUT2D eigenvalue weighted by Crippen LogP contribution is -2.34. The second-order valence-electron chi connectivity index (χ2n) is 5.36. The highest BCUT2D eigenvalue weighted by Gasteiger charge is 2.30. The molecular formula is C15H22FNOS. The summed E-state index contributed by atoms with van der Waals surface area (Å²) >= 11 is 2.01. The molecule has 1 fully saturated rings. The van der Waals surface area contributed by atoms with Crippen LogP contribution < -0.4 is 10.1 Å². The Morgan fingerprint density at radius 1 is 1.53 bits per heavy atom. The van der Waals surface area contributed by atoms with Gasteiger partial charge in [0, 0.05) is 22.9 Å². The topological polar surface area (TPSA) is 21.3 Å². The molecule has 2 atom stereocenters. The predicted octanol–water partition coefficient (Wildman–Crippen LogP) is 3.77. The van der Waals surface area contributed by atoms with Crippen molar-refractivity contribution >= 4 is 11.8 Å². The van der Waals surface area contributed by atoms with Crippen molar-refractivity contribution in [1.82, 2.24) is 5.32 Å². The van der Waals surface area contributed by atoms with Gasteiger partial charge in [-0.2, -0.15) is 11.8 Å². The van der Waals surface area contributed by atoms with E-state index < -0.39 is 0 Å². The summed E-state index contributed by atoms with van der Waals surface area (Å²) in [6.45, 7) is 5.17. The van der Waals surface area contributed by atoms with E-state index in [1.807, 2.05) is 24.8 Å². The number of methoxy groups -OCH3 is 1. The van der Waals surface area contributed by atoms with E-state index in [0.29, 0.717) is 11.3 Å². The van der Waals surface area contributed by atoms with Gasteiger partial charge in [-0.15, -0.1) is 0 Å². The molecule has 0 spiro atoms. The van der Waals surface area contributed by atoms with Crippen LogP contribution in [0, 0.1) is 5.82 Å². The molecule has 1 aliphatic heterocycles. The van der Waals surface area contributed by atoms with Gasteiger partial charge in [0.05, 0.1) is 7.11 Å². The van der Waals surface area contributed by atoms with Gasteiger partial charge in [0.15, 0.2) is 0 Å². The van der Waals surface area contributed by atoms with Crippen molar-refractivity contribution in [3.63, 3.8) is 0 Å². The van der Waals surface area contributed by atoms with Crippen LogP contribution in [0.2, 0.25) is 0 Å². The number of nitrogens with one attached hydrogen (secondary N) is 1. The summed E-state index contributed by atoms with van der Waals surface area (Å²) in [7, 11) is 1.58. The van der Waals surface area contributed by atoms with Crippen LogP contribution in [0.5, 0.6) is 5.75 Å². The summed E-state index contributed by atoms with van der Waals surface area (Å²) in [5, 5.41) is 3.46. The standard InChI is InChI=1S/C15H22FNOS/c1-11(17-10-15(2)8-5-9-19-15)14-12(16)6-4-7-13(14)18-3/h4,6-7,11,17H,5,8-10H2,1-3H3. The first kappa shape index (κ1) is 14.7. The van der Waals surface area contributed by atoms with Crippen LogP contribution in [-0.2, 0) is 0 Å². The zero-order valence-corrected chi connectivity index (χ0v) is 12.6. The maximum absolute atomic E-state index is 14.0. The number of benzene rings is 1. The Bertz CT molecular complexity index is 432. The molecule has 4 heteroatoms. The van der Waals surface area contributed by atoms with Crippen LogP contribution in [0.25, 0.3) is 0 Å². The van der Waals surface area contributed by atoms with Gasteiger partial charge in [0.2, 0.25) is 0 Å². The molecule has 0 radical (unpaired) electrons. The van der Waals surface area contributed by atoms with E-state index in [2.05, 4.69) is 12.2 Å². The molecule has 2 nitrogen and oxygen atoms in total. The van der Waals surface area contributed by atoms with Crippen molar-refractivity contribution in [2.45, 2.75) is 37.5 Å². The normalized spacial score (nSPS) is 24.4. The van der Waals surface area contributed by atoms with E-state index in [1.165, 1.54) is 24.7 Å². The number of rotatable bonds is 5. The largest absolute Gasteiger partial charge is 0.496 e. The Hall–Kier alpha value is -0.740. The van der Waals surface area contributed by atoms with Crippen LogP contribution in [-0.4, -0.2) is 24.2 Å². The lowest BCUT2D eigenvalue weighted by molar-refractivity contribution is 0.390. The molecule has 1 N–H and O–H groups in total. The molecule has 1 aromatic rings. The lowest BCUT2D eigenvalue weighted by atomic mass is 10.0. The second kappa shape index (κ2) is 6.14. The van der Waals surface area contributed by atoms with E-state index in [9.17, 15) is 4.39 Å². The average molecular weight is 283 g/mol. The monoisotopic (exact) mass is 283 g/mol. The summed E-state index contributed by atoms with van der Waals surface area (Å²) < 4.78 is 19.5. The van der Waals surface area contributed by atoms with Crippen LogP contribution in [0.15, 0.2) is 18.2 Å². The molecule has 0 saturated carbocycles. The molecule has 106 valence electrons. The van der Waals surface area contributed by atoms with Crippen LogP contribution in [0.1, 0.15) is 38.3 Å².